The van der Waals surface area contributed by atoms with E-state index in [-0.39, 0.29) is 11.4 Å². The first kappa shape index (κ1) is 18.1. The van der Waals surface area contributed by atoms with Gasteiger partial charge in [-0.05, 0) is 45.4 Å². The molecule has 5 nitrogen and oxygen atoms in total. The van der Waals surface area contributed by atoms with Crippen LogP contribution in [0.25, 0.3) is 0 Å². The van der Waals surface area contributed by atoms with Crippen LogP contribution in [0.4, 0.5) is 0 Å². The standard InChI is InChI=1S/C19H23NO4S/c1-14-9-11-16(12-10-14)25(21,22)20-13-15-7-5-6-8-17(15)18(20)23-24-19(2,3)4/h5-12,18H,13H2,1-4H3. The Kier molecular flexibility index (Phi) is 4.72. The number of rotatable bonds is 4. The van der Waals surface area contributed by atoms with Gasteiger partial charge in [-0.15, -0.1) is 0 Å². The molecule has 134 valence electrons. The third-order valence-electron chi connectivity index (χ3n) is 3.93. The summed E-state index contributed by atoms with van der Waals surface area (Å²) in [5, 5.41) is 0. The Morgan fingerprint density at radius 2 is 1.68 bits per heavy atom. The van der Waals surface area contributed by atoms with E-state index < -0.39 is 21.9 Å². The number of fused-ring (bicyclic) bond motifs is 1. The molecule has 0 amide bonds. The molecule has 0 fully saturated rings. The maximum absolute atomic E-state index is 13.1. The van der Waals surface area contributed by atoms with Gasteiger partial charge in [0, 0.05) is 12.1 Å². The Balaban J connectivity index is 1.97. The summed E-state index contributed by atoms with van der Waals surface area (Å²) in [4.78, 5) is 11.3. The molecule has 3 rings (SSSR count). The van der Waals surface area contributed by atoms with Crippen molar-refractivity contribution in [1.29, 1.82) is 0 Å². The van der Waals surface area contributed by atoms with E-state index >= 15 is 0 Å². The van der Waals surface area contributed by atoms with E-state index in [0.29, 0.717) is 0 Å². The molecule has 6 heteroatoms. The molecule has 0 saturated heterocycles. The molecule has 0 radical (unpaired) electrons. The predicted octanol–water partition coefficient (Wildman–Crippen LogP) is 3.94. The maximum Gasteiger partial charge on any atom is 0.245 e. The van der Waals surface area contributed by atoms with Crippen molar-refractivity contribution >= 4 is 10.0 Å². The molecule has 2 aromatic rings. The molecule has 1 aliphatic rings. The highest BCUT2D eigenvalue weighted by molar-refractivity contribution is 7.89. The summed E-state index contributed by atoms with van der Waals surface area (Å²) in [6.07, 6.45) is -0.804. The summed E-state index contributed by atoms with van der Waals surface area (Å²) in [7, 11) is -3.71. The van der Waals surface area contributed by atoms with E-state index in [0.717, 1.165) is 16.7 Å². The van der Waals surface area contributed by atoms with Gasteiger partial charge >= 0.3 is 0 Å². The fraction of sp³-hybridized carbons (Fsp3) is 0.368. The second-order valence-corrected chi connectivity index (χ2v) is 9.10. The van der Waals surface area contributed by atoms with Gasteiger partial charge in [-0.25, -0.2) is 18.2 Å². The van der Waals surface area contributed by atoms with Gasteiger partial charge in [0.05, 0.1) is 10.5 Å². The van der Waals surface area contributed by atoms with Gasteiger partial charge in [-0.3, -0.25) is 0 Å². The topological polar surface area (TPSA) is 55.8 Å². The largest absolute Gasteiger partial charge is 0.245 e. The van der Waals surface area contributed by atoms with Crippen molar-refractivity contribution in [2.24, 2.45) is 0 Å². The van der Waals surface area contributed by atoms with Crippen molar-refractivity contribution in [2.45, 2.75) is 51.0 Å². The van der Waals surface area contributed by atoms with E-state index in [4.69, 9.17) is 9.78 Å². The molecular formula is C19H23NO4S. The molecule has 0 bridgehead atoms. The first-order valence-corrected chi connectivity index (χ1v) is 9.63. The molecule has 0 aromatic heterocycles. The van der Waals surface area contributed by atoms with Crippen molar-refractivity contribution in [3.8, 4) is 0 Å². The summed E-state index contributed by atoms with van der Waals surface area (Å²) < 4.78 is 27.6. The summed E-state index contributed by atoms with van der Waals surface area (Å²) in [6.45, 7) is 7.74. The van der Waals surface area contributed by atoms with Crippen LogP contribution in [0.15, 0.2) is 53.4 Å². The first-order valence-electron chi connectivity index (χ1n) is 8.19. The van der Waals surface area contributed by atoms with Crippen LogP contribution in [0.5, 0.6) is 0 Å². The number of benzene rings is 2. The minimum atomic E-state index is -3.71. The average molecular weight is 361 g/mol. The molecule has 25 heavy (non-hydrogen) atoms. The molecular weight excluding hydrogens is 338 g/mol. The summed E-state index contributed by atoms with van der Waals surface area (Å²) in [5.74, 6) is 0. The third kappa shape index (κ3) is 3.77. The van der Waals surface area contributed by atoms with E-state index in [1.807, 2.05) is 52.0 Å². The van der Waals surface area contributed by atoms with E-state index in [2.05, 4.69) is 0 Å². The summed E-state index contributed by atoms with van der Waals surface area (Å²) in [5.41, 5.74) is 2.19. The lowest BCUT2D eigenvalue weighted by atomic mass is 10.1. The second kappa shape index (κ2) is 6.53. The number of nitrogens with zero attached hydrogens (tertiary/aromatic N) is 1. The van der Waals surface area contributed by atoms with E-state index in [1.54, 1.807) is 24.3 Å². The first-order chi connectivity index (χ1) is 11.7. The van der Waals surface area contributed by atoms with Crippen molar-refractivity contribution < 1.29 is 18.2 Å². The van der Waals surface area contributed by atoms with E-state index in [9.17, 15) is 8.42 Å². The van der Waals surface area contributed by atoms with Gasteiger partial charge in [-0.1, -0.05) is 42.0 Å². The number of hydrogen-bond acceptors (Lipinski definition) is 4. The molecule has 1 unspecified atom stereocenters. The van der Waals surface area contributed by atoms with Gasteiger partial charge in [0.1, 0.15) is 0 Å². The van der Waals surface area contributed by atoms with Crippen LogP contribution in [-0.4, -0.2) is 18.3 Å². The van der Waals surface area contributed by atoms with Crippen LogP contribution in [0.2, 0.25) is 0 Å². The zero-order chi connectivity index (χ0) is 18.2. The molecule has 0 N–H and O–H groups in total. The van der Waals surface area contributed by atoms with Crippen LogP contribution >= 0.6 is 0 Å². The highest BCUT2D eigenvalue weighted by Gasteiger charge is 2.41. The number of hydrogen-bond donors (Lipinski definition) is 0. The van der Waals surface area contributed by atoms with Gasteiger partial charge in [0.2, 0.25) is 10.0 Å². The highest BCUT2D eigenvalue weighted by Crippen LogP contribution is 2.39. The molecule has 0 spiro atoms. The minimum absolute atomic E-state index is 0.246. The smallest absolute Gasteiger partial charge is 0.229 e. The Hall–Kier alpha value is -1.73. The van der Waals surface area contributed by atoms with Crippen LogP contribution in [0, 0.1) is 6.92 Å². The van der Waals surface area contributed by atoms with Crippen LogP contribution in [0.1, 0.15) is 43.7 Å². The Morgan fingerprint density at radius 1 is 1.04 bits per heavy atom. The predicted molar refractivity (Wildman–Crippen MR) is 95.0 cm³/mol. The third-order valence-corrected chi connectivity index (χ3v) is 5.73. The zero-order valence-electron chi connectivity index (χ0n) is 14.9. The van der Waals surface area contributed by atoms with Crippen molar-refractivity contribution in [3.05, 3.63) is 65.2 Å². The molecule has 0 saturated carbocycles. The van der Waals surface area contributed by atoms with Gasteiger partial charge in [0.15, 0.2) is 6.23 Å². The SMILES string of the molecule is Cc1ccc(S(=O)(=O)N2Cc3ccccc3C2OOC(C)(C)C)cc1. The molecule has 1 atom stereocenters. The summed E-state index contributed by atoms with van der Waals surface area (Å²) in [6, 6.07) is 14.4. The zero-order valence-corrected chi connectivity index (χ0v) is 15.7. The fourth-order valence-corrected chi connectivity index (χ4v) is 4.13. The normalized spacial score (nSPS) is 18.3. The molecule has 1 aliphatic heterocycles. The number of aryl methyl sites for hydroxylation is 1. The fourth-order valence-electron chi connectivity index (χ4n) is 2.67. The highest BCUT2D eigenvalue weighted by atomic mass is 32.2. The Morgan fingerprint density at radius 3 is 2.32 bits per heavy atom. The number of sulfonamides is 1. The lowest BCUT2D eigenvalue weighted by Gasteiger charge is -2.27. The molecule has 2 aromatic carbocycles. The van der Waals surface area contributed by atoms with Crippen molar-refractivity contribution in [2.75, 3.05) is 0 Å². The van der Waals surface area contributed by atoms with Gasteiger partial charge in [-0.2, -0.15) is 4.31 Å². The monoisotopic (exact) mass is 361 g/mol. The quantitative estimate of drug-likeness (QED) is 0.611. The summed E-state index contributed by atoms with van der Waals surface area (Å²) >= 11 is 0. The van der Waals surface area contributed by atoms with Crippen LogP contribution in [-0.2, 0) is 26.3 Å². The molecule has 1 heterocycles. The van der Waals surface area contributed by atoms with Crippen LogP contribution in [0.3, 0.4) is 0 Å². The van der Waals surface area contributed by atoms with Gasteiger partial charge < -0.3 is 0 Å². The Labute approximate surface area is 149 Å². The van der Waals surface area contributed by atoms with Crippen molar-refractivity contribution in [1.82, 2.24) is 4.31 Å². The Bertz CT molecular complexity index is 854. The van der Waals surface area contributed by atoms with Crippen molar-refractivity contribution in [3.63, 3.8) is 0 Å². The lowest BCUT2D eigenvalue weighted by Crippen LogP contribution is -2.33. The van der Waals surface area contributed by atoms with E-state index in [1.165, 1.54) is 4.31 Å². The lowest BCUT2D eigenvalue weighted by molar-refractivity contribution is -0.389. The minimum Gasteiger partial charge on any atom is -0.229 e. The van der Waals surface area contributed by atoms with Crippen LogP contribution < -0.4 is 0 Å². The molecule has 0 aliphatic carbocycles. The van der Waals surface area contributed by atoms with Gasteiger partial charge in [0.25, 0.3) is 0 Å². The second-order valence-electron chi connectivity index (χ2n) is 7.21. The average Bonchev–Trinajstić information content (AvgIpc) is 2.92. The maximum atomic E-state index is 13.1.